The first-order valence-electron chi connectivity index (χ1n) is 27.5. The van der Waals surface area contributed by atoms with Crippen molar-refractivity contribution in [3.63, 3.8) is 0 Å². The summed E-state index contributed by atoms with van der Waals surface area (Å²) in [4.78, 5) is 0. The standard InChI is InChI=1S/C38H23BO2.C38H26O2.CH4/c1-3-12-24(13-4-1)34-28-18-9-7-16-26(28)22-30-37(34)40-32-20-11-21-33-36(32)39(30)31-23-27-17-8-10-19-29(27)35(38(31)41-33)25-14-5-2-6-15-25;1-3-14-29(15-4-1)37-33-20-9-7-12-27(33)22-24-35(37)39-31-18-11-19-32(26-31)40-36-25-23-28-13-8-10-21-34(28)38(36)30-16-5-2-6-17-30;/h1-23H;1-26H;1H4. The van der Waals surface area contributed by atoms with Gasteiger partial charge in [-0.05, 0) is 113 Å². The van der Waals surface area contributed by atoms with E-state index in [1.54, 1.807) is 0 Å². The van der Waals surface area contributed by atoms with Crippen LogP contribution in [0.15, 0.2) is 297 Å². The largest absolute Gasteiger partial charge is 0.458 e. The van der Waals surface area contributed by atoms with E-state index in [9.17, 15) is 0 Å². The van der Waals surface area contributed by atoms with Crippen LogP contribution >= 0.6 is 0 Å². The Morgan fingerprint density at radius 2 is 0.598 bits per heavy atom. The summed E-state index contributed by atoms with van der Waals surface area (Å²) in [5.74, 6) is 6.59. The van der Waals surface area contributed by atoms with Crippen LogP contribution in [-0.2, 0) is 0 Å². The van der Waals surface area contributed by atoms with Crippen LogP contribution in [0.4, 0.5) is 0 Å². The summed E-state index contributed by atoms with van der Waals surface area (Å²) in [6, 6.07) is 103. The third-order valence-corrected chi connectivity index (χ3v) is 15.7. The highest BCUT2D eigenvalue weighted by Crippen LogP contribution is 2.47. The molecule has 0 saturated heterocycles. The van der Waals surface area contributed by atoms with Gasteiger partial charge in [0.15, 0.2) is 0 Å². The number of fused-ring (bicyclic) bond motifs is 8. The van der Waals surface area contributed by atoms with Crippen molar-refractivity contribution in [2.24, 2.45) is 0 Å². The van der Waals surface area contributed by atoms with Crippen LogP contribution in [0.25, 0.3) is 87.6 Å². The molecular weight excluding hydrogens is 1000 g/mol. The van der Waals surface area contributed by atoms with Crippen molar-refractivity contribution in [1.29, 1.82) is 0 Å². The highest BCUT2D eigenvalue weighted by molar-refractivity contribution is 6.98. The molecule has 0 radical (unpaired) electrons. The lowest BCUT2D eigenvalue weighted by atomic mass is 9.34. The van der Waals surface area contributed by atoms with Crippen molar-refractivity contribution >= 4 is 66.2 Å². The van der Waals surface area contributed by atoms with Crippen molar-refractivity contribution in [2.75, 3.05) is 0 Å². The molecule has 14 aromatic carbocycles. The molecule has 4 nitrogen and oxygen atoms in total. The molecule has 0 saturated carbocycles. The van der Waals surface area contributed by atoms with E-state index >= 15 is 0 Å². The number of hydrogen-bond acceptors (Lipinski definition) is 4. The topological polar surface area (TPSA) is 36.9 Å². The molecular formula is C77H53BO4. The molecule has 0 aliphatic carbocycles. The quantitative estimate of drug-likeness (QED) is 0.142. The molecule has 0 unspecified atom stereocenters. The van der Waals surface area contributed by atoms with E-state index in [-0.39, 0.29) is 14.1 Å². The highest BCUT2D eigenvalue weighted by Gasteiger charge is 2.42. The summed E-state index contributed by atoms with van der Waals surface area (Å²) in [6.45, 7) is -0.0344. The van der Waals surface area contributed by atoms with E-state index < -0.39 is 0 Å². The number of rotatable bonds is 8. The van der Waals surface area contributed by atoms with Crippen molar-refractivity contribution in [3.8, 4) is 90.5 Å². The van der Waals surface area contributed by atoms with Crippen LogP contribution in [0, 0.1) is 0 Å². The van der Waals surface area contributed by atoms with E-state index in [4.69, 9.17) is 18.9 Å². The molecule has 0 fully saturated rings. The maximum Gasteiger partial charge on any atom is 0.260 e. The third kappa shape index (κ3) is 8.86. The zero-order valence-electron chi connectivity index (χ0n) is 44.0. The molecule has 2 heterocycles. The lowest BCUT2D eigenvalue weighted by molar-refractivity contribution is 0.462. The van der Waals surface area contributed by atoms with Crippen LogP contribution in [0.5, 0.6) is 46.0 Å². The number of hydrogen-bond donors (Lipinski definition) is 0. The first kappa shape index (κ1) is 49.7. The summed E-state index contributed by atoms with van der Waals surface area (Å²) in [5, 5.41) is 9.44. The first-order chi connectivity index (χ1) is 40.2. The minimum Gasteiger partial charge on any atom is -0.458 e. The molecule has 5 heteroatoms. The van der Waals surface area contributed by atoms with Gasteiger partial charge in [0.1, 0.15) is 46.0 Å². The van der Waals surface area contributed by atoms with Crippen LogP contribution in [0.2, 0.25) is 0 Å². The van der Waals surface area contributed by atoms with Crippen molar-refractivity contribution in [1.82, 2.24) is 0 Å². The van der Waals surface area contributed by atoms with E-state index in [1.165, 1.54) is 43.2 Å². The molecule has 0 atom stereocenters. The lowest BCUT2D eigenvalue weighted by Crippen LogP contribution is -2.57. The van der Waals surface area contributed by atoms with Crippen molar-refractivity contribution in [3.05, 3.63) is 297 Å². The molecule has 0 aromatic heterocycles. The lowest BCUT2D eigenvalue weighted by Gasteiger charge is -2.35. The Morgan fingerprint density at radius 1 is 0.268 bits per heavy atom. The molecule has 16 rings (SSSR count). The second-order valence-electron chi connectivity index (χ2n) is 20.5. The normalized spacial score (nSPS) is 11.7. The summed E-state index contributed by atoms with van der Waals surface area (Å²) < 4.78 is 26.8. The third-order valence-electron chi connectivity index (χ3n) is 15.7. The van der Waals surface area contributed by atoms with Crippen molar-refractivity contribution < 1.29 is 18.9 Å². The molecule has 14 aromatic rings. The summed E-state index contributed by atoms with van der Waals surface area (Å²) in [7, 11) is 0. The van der Waals surface area contributed by atoms with Gasteiger partial charge in [-0.15, -0.1) is 0 Å². The Labute approximate surface area is 477 Å². The summed E-state index contributed by atoms with van der Waals surface area (Å²) >= 11 is 0. The summed E-state index contributed by atoms with van der Waals surface area (Å²) in [5.41, 5.74) is 12.4. The average Bonchev–Trinajstić information content (AvgIpc) is 2.02. The SMILES string of the molecule is C.c1ccc(-c2c(Oc3cccc(Oc4ccc5ccccc5c4-c4ccccc4)c3)ccc3ccccc23)cc1.c1ccc(-c2c3c(cc4ccccc24)B2c4cc5ccccc5c(-c5ccccc5)c4Oc4cccc(c42)O3)cc1. The van der Waals surface area contributed by atoms with Crippen LogP contribution in [-0.4, -0.2) is 6.71 Å². The van der Waals surface area contributed by atoms with E-state index in [1.807, 2.05) is 42.5 Å². The Bertz CT molecular complexity index is 4410. The van der Waals surface area contributed by atoms with Crippen LogP contribution in [0.1, 0.15) is 7.43 Å². The van der Waals surface area contributed by atoms with E-state index in [0.29, 0.717) is 11.5 Å². The molecule has 0 amide bonds. The zero-order valence-corrected chi connectivity index (χ0v) is 44.0. The summed E-state index contributed by atoms with van der Waals surface area (Å²) in [6.07, 6.45) is 0. The second kappa shape index (κ2) is 21.2. The zero-order chi connectivity index (χ0) is 53.6. The predicted octanol–water partition coefficient (Wildman–Crippen LogP) is 19.6. The van der Waals surface area contributed by atoms with Gasteiger partial charge in [-0.1, -0.05) is 262 Å². The monoisotopic (exact) mass is 1050 g/mol. The van der Waals surface area contributed by atoms with Crippen molar-refractivity contribution in [2.45, 2.75) is 7.43 Å². The van der Waals surface area contributed by atoms with Crippen LogP contribution in [0.3, 0.4) is 0 Å². The van der Waals surface area contributed by atoms with Gasteiger partial charge in [-0.2, -0.15) is 0 Å². The van der Waals surface area contributed by atoms with Gasteiger partial charge in [0.05, 0.1) is 0 Å². The van der Waals surface area contributed by atoms with Gasteiger partial charge in [0.2, 0.25) is 0 Å². The predicted molar refractivity (Wildman–Crippen MR) is 342 cm³/mol. The van der Waals surface area contributed by atoms with E-state index in [0.717, 1.165) is 95.2 Å². The Kier molecular flexibility index (Phi) is 12.8. The fourth-order valence-corrected chi connectivity index (χ4v) is 12.2. The maximum atomic E-state index is 6.86. The molecule has 388 valence electrons. The molecule has 2 aliphatic heterocycles. The molecule has 82 heavy (non-hydrogen) atoms. The first-order valence-corrected chi connectivity index (χ1v) is 27.5. The Hall–Kier alpha value is -10.6. The Balaban J connectivity index is 0.000000145. The number of ether oxygens (including phenoxy) is 4. The second-order valence-corrected chi connectivity index (χ2v) is 20.5. The smallest absolute Gasteiger partial charge is 0.260 e. The Morgan fingerprint density at radius 3 is 1.00 bits per heavy atom. The van der Waals surface area contributed by atoms with Gasteiger partial charge in [0.25, 0.3) is 6.71 Å². The fraction of sp³-hybridized carbons (Fsp3) is 0.0130. The van der Waals surface area contributed by atoms with Gasteiger partial charge < -0.3 is 18.9 Å². The average molecular weight is 1050 g/mol. The molecule has 0 bridgehead atoms. The minimum atomic E-state index is -0.0344. The minimum absolute atomic E-state index is 0. The molecule has 2 aliphatic rings. The van der Waals surface area contributed by atoms with Crippen LogP contribution < -0.4 is 35.3 Å². The van der Waals surface area contributed by atoms with Gasteiger partial charge in [-0.25, -0.2) is 0 Å². The molecule has 0 N–H and O–H groups in total. The highest BCUT2D eigenvalue weighted by atomic mass is 16.5. The fourth-order valence-electron chi connectivity index (χ4n) is 12.2. The number of benzene rings is 14. The van der Waals surface area contributed by atoms with E-state index in [2.05, 4.69) is 255 Å². The van der Waals surface area contributed by atoms with Gasteiger partial charge in [-0.3, -0.25) is 0 Å². The molecule has 0 spiro atoms. The maximum absolute atomic E-state index is 6.86. The van der Waals surface area contributed by atoms with Gasteiger partial charge >= 0.3 is 0 Å². The van der Waals surface area contributed by atoms with Gasteiger partial charge in [0, 0.05) is 33.8 Å².